The summed E-state index contributed by atoms with van der Waals surface area (Å²) in [5.74, 6) is -1.68. The monoisotopic (exact) mass is 728 g/mol. The quantitative estimate of drug-likeness (QED) is 0.211. The first-order chi connectivity index (χ1) is 25.2. The number of nitrogens with one attached hydrogen (secondary N) is 4. The van der Waals surface area contributed by atoms with Gasteiger partial charge in [0.2, 0.25) is 17.7 Å². The fourth-order valence-corrected chi connectivity index (χ4v) is 9.20. The number of ether oxygens (including phenoxy) is 2. The van der Waals surface area contributed by atoms with E-state index in [1.165, 1.54) is 0 Å². The van der Waals surface area contributed by atoms with Gasteiger partial charge in [-0.2, -0.15) is 0 Å². The Labute approximate surface area is 313 Å². The number of carbonyl (C=O) groups excluding carboxylic acids is 5. The third-order valence-electron chi connectivity index (χ3n) is 12.1. The van der Waals surface area contributed by atoms with Gasteiger partial charge in [0.25, 0.3) is 0 Å². The standard InChI is InChI=1S/C42H56N4O7/c1-27(43-36(48)32-23-30-17-21-42(32,22-18-30)46-39(51)53-40(2,3)4)35(47)45-41-19-15-29(16-20-41)24-33(41)37(49)44-34(25-28-11-7-5-8-12-28)38(50)52-26-31-13-9-6-10-14-31/h5-14,27,29-30,32-34H,15-26H2,1-4H3,(H,43,48)(H,44,49)(H,45,47)(H,46,51)/t27-,29?,30?,32+,33+,34-,41?,42?/m0/s1. The molecule has 6 aliphatic carbocycles. The Hall–Kier alpha value is -4.41. The van der Waals surface area contributed by atoms with Gasteiger partial charge in [0.05, 0.1) is 22.9 Å². The molecule has 6 fully saturated rings. The Morgan fingerprint density at radius 3 is 1.74 bits per heavy atom. The highest BCUT2D eigenvalue weighted by Crippen LogP contribution is 2.49. The molecule has 286 valence electrons. The normalized spacial score (nSPS) is 28.5. The van der Waals surface area contributed by atoms with Crippen LogP contribution in [0.25, 0.3) is 0 Å². The molecule has 0 heterocycles. The molecule has 0 unspecified atom stereocenters. The molecule has 6 saturated carbocycles. The van der Waals surface area contributed by atoms with E-state index in [1.54, 1.807) is 6.92 Å². The van der Waals surface area contributed by atoms with Crippen molar-refractivity contribution < 1.29 is 33.4 Å². The molecule has 4 amide bonds. The maximum atomic E-state index is 14.2. The third kappa shape index (κ3) is 9.22. The number of rotatable bonds is 12. The second kappa shape index (κ2) is 15.9. The SMILES string of the molecule is C[C@H](NC(=O)[C@H]1CC2CCC1(NC(=O)OC(C)(C)C)CC2)C(=O)NC12CCC(CC1)C[C@@H]2C(=O)N[C@@H](Cc1ccccc1)C(=O)OCc1ccccc1. The lowest BCUT2D eigenvalue weighted by Crippen LogP contribution is -2.67. The van der Waals surface area contributed by atoms with E-state index in [2.05, 4.69) is 21.3 Å². The third-order valence-corrected chi connectivity index (χ3v) is 12.1. The van der Waals surface area contributed by atoms with Crippen LogP contribution in [0.1, 0.15) is 103 Å². The van der Waals surface area contributed by atoms with Gasteiger partial charge in [-0.1, -0.05) is 60.7 Å². The highest BCUT2D eigenvalue weighted by Gasteiger charge is 2.54. The second-order valence-electron chi connectivity index (χ2n) is 17.0. The maximum absolute atomic E-state index is 14.2. The van der Waals surface area contributed by atoms with Crippen LogP contribution in [0.3, 0.4) is 0 Å². The van der Waals surface area contributed by atoms with Crippen molar-refractivity contribution >= 4 is 29.8 Å². The molecule has 11 heteroatoms. The molecule has 4 atom stereocenters. The minimum Gasteiger partial charge on any atom is -0.459 e. The van der Waals surface area contributed by atoms with E-state index in [0.29, 0.717) is 50.4 Å². The summed E-state index contributed by atoms with van der Waals surface area (Å²) in [6, 6.07) is 17.2. The van der Waals surface area contributed by atoms with Gasteiger partial charge < -0.3 is 30.7 Å². The number of hydrogen-bond acceptors (Lipinski definition) is 7. The van der Waals surface area contributed by atoms with Crippen LogP contribution in [0.2, 0.25) is 0 Å². The van der Waals surface area contributed by atoms with Crippen molar-refractivity contribution in [1.82, 2.24) is 21.3 Å². The molecule has 0 saturated heterocycles. The van der Waals surface area contributed by atoms with E-state index in [9.17, 15) is 24.0 Å². The molecular weight excluding hydrogens is 672 g/mol. The van der Waals surface area contributed by atoms with E-state index >= 15 is 0 Å². The lowest BCUT2D eigenvalue weighted by atomic mass is 9.59. The van der Waals surface area contributed by atoms with Crippen LogP contribution in [-0.4, -0.2) is 58.5 Å². The number of hydrogen-bond donors (Lipinski definition) is 4. The average Bonchev–Trinajstić information content (AvgIpc) is 3.14. The van der Waals surface area contributed by atoms with Crippen molar-refractivity contribution in [3.63, 3.8) is 0 Å². The van der Waals surface area contributed by atoms with Crippen molar-refractivity contribution in [2.45, 2.75) is 134 Å². The molecule has 0 radical (unpaired) electrons. The lowest BCUT2D eigenvalue weighted by Gasteiger charge is -2.52. The van der Waals surface area contributed by atoms with E-state index < -0.39 is 52.7 Å². The molecule has 4 bridgehead atoms. The second-order valence-corrected chi connectivity index (χ2v) is 17.0. The fraction of sp³-hybridized carbons (Fsp3) is 0.595. The number of benzene rings is 2. The summed E-state index contributed by atoms with van der Waals surface area (Å²) in [5.41, 5.74) is -0.453. The van der Waals surface area contributed by atoms with E-state index in [4.69, 9.17) is 9.47 Å². The van der Waals surface area contributed by atoms with Crippen molar-refractivity contribution in [3.8, 4) is 0 Å². The van der Waals surface area contributed by atoms with Gasteiger partial charge in [-0.15, -0.1) is 0 Å². The minimum atomic E-state index is -0.910. The zero-order chi connectivity index (χ0) is 37.8. The molecule has 0 aromatic heterocycles. The molecule has 0 spiro atoms. The van der Waals surface area contributed by atoms with Crippen LogP contribution in [0.15, 0.2) is 60.7 Å². The molecule has 11 nitrogen and oxygen atoms in total. The van der Waals surface area contributed by atoms with Gasteiger partial charge in [-0.3, -0.25) is 14.4 Å². The van der Waals surface area contributed by atoms with E-state index in [1.807, 2.05) is 81.4 Å². The molecule has 0 aliphatic heterocycles. The zero-order valence-electron chi connectivity index (χ0n) is 31.6. The molecule has 6 aliphatic rings. The van der Waals surface area contributed by atoms with Crippen LogP contribution in [0, 0.1) is 23.7 Å². The number of alkyl carbamates (subject to hydrolysis) is 1. The van der Waals surface area contributed by atoms with Gasteiger partial charge in [0.15, 0.2) is 0 Å². The number of fused-ring (bicyclic) bond motifs is 6. The highest BCUT2D eigenvalue weighted by molar-refractivity contribution is 5.91. The van der Waals surface area contributed by atoms with E-state index in [0.717, 1.165) is 36.8 Å². The van der Waals surface area contributed by atoms with Crippen LogP contribution in [0.5, 0.6) is 0 Å². The number of carbonyl (C=O) groups is 5. The maximum Gasteiger partial charge on any atom is 0.408 e. The van der Waals surface area contributed by atoms with Crippen molar-refractivity contribution in [2.24, 2.45) is 23.7 Å². The summed E-state index contributed by atoms with van der Waals surface area (Å²) >= 11 is 0. The smallest absolute Gasteiger partial charge is 0.408 e. The predicted molar refractivity (Wildman–Crippen MR) is 199 cm³/mol. The molecule has 4 N–H and O–H groups in total. The Bertz CT molecular complexity index is 1630. The zero-order valence-corrected chi connectivity index (χ0v) is 31.6. The molecule has 53 heavy (non-hydrogen) atoms. The predicted octanol–water partition coefficient (Wildman–Crippen LogP) is 5.50. The summed E-state index contributed by atoms with van der Waals surface area (Å²) in [7, 11) is 0. The van der Waals surface area contributed by atoms with Crippen molar-refractivity contribution in [1.29, 1.82) is 0 Å². The number of esters is 1. The summed E-state index contributed by atoms with van der Waals surface area (Å²) in [5, 5.41) is 12.3. The van der Waals surface area contributed by atoms with Crippen molar-refractivity contribution in [2.75, 3.05) is 0 Å². The lowest BCUT2D eigenvalue weighted by molar-refractivity contribution is -0.151. The summed E-state index contributed by atoms with van der Waals surface area (Å²) in [6.07, 6.45) is 7.25. The van der Waals surface area contributed by atoms with Crippen LogP contribution in [0.4, 0.5) is 4.79 Å². The van der Waals surface area contributed by atoms with E-state index in [-0.39, 0.29) is 30.7 Å². The highest BCUT2D eigenvalue weighted by atomic mass is 16.6. The Balaban J connectivity index is 1.12. The van der Waals surface area contributed by atoms with Crippen molar-refractivity contribution in [3.05, 3.63) is 71.8 Å². The Kier molecular flexibility index (Phi) is 11.5. The van der Waals surface area contributed by atoms with Gasteiger partial charge in [-0.25, -0.2) is 9.59 Å². The Morgan fingerprint density at radius 1 is 0.717 bits per heavy atom. The molecule has 8 rings (SSSR count). The van der Waals surface area contributed by atoms with Gasteiger partial charge in [0.1, 0.15) is 24.3 Å². The van der Waals surface area contributed by atoms with Crippen LogP contribution >= 0.6 is 0 Å². The summed E-state index contributed by atoms with van der Waals surface area (Å²) in [6.45, 7) is 7.19. The first kappa shape index (κ1) is 38.3. The fourth-order valence-electron chi connectivity index (χ4n) is 9.20. The first-order valence-corrected chi connectivity index (χ1v) is 19.4. The first-order valence-electron chi connectivity index (χ1n) is 19.4. The van der Waals surface area contributed by atoms with Gasteiger partial charge >= 0.3 is 12.1 Å². The van der Waals surface area contributed by atoms with Gasteiger partial charge in [0, 0.05) is 6.42 Å². The minimum absolute atomic E-state index is 0.0929. The summed E-state index contributed by atoms with van der Waals surface area (Å²) < 4.78 is 11.3. The summed E-state index contributed by atoms with van der Waals surface area (Å²) in [4.78, 5) is 68.4. The van der Waals surface area contributed by atoms with Gasteiger partial charge in [-0.05, 0) is 115 Å². The topological polar surface area (TPSA) is 152 Å². The molecule has 2 aromatic carbocycles. The Morgan fingerprint density at radius 2 is 1.21 bits per heavy atom. The van der Waals surface area contributed by atoms with Crippen LogP contribution in [-0.2, 0) is 41.7 Å². The largest absolute Gasteiger partial charge is 0.459 e. The number of amides is 4. The molecular formula is C42H56N4O7. The molecule has 2 aromatic rings. The average molecular weight is 729 g/mol. The van der Waals surface area contributed by atoms with Crippen LogP contribution < -0.4 is 21.3 Å².